The Labute approximate surface area is 275 Å². The van der Waals surface area contributed by atoms with Crippen LogP contribution in [-0.4, -0.2) is 78.8 Å². The van der Waals surface area contributed by atoms with Gasteiger partial charge in [-0.25, -0.2) is 0 Å². The molecule has 2 aliphatic heterocycles. The second-order valence-corrected chi connectivity index (χ2v) is 13.4. The van der Waals surface area contributed by atoms with Gasteiger partial charge in [-0.15, -0.1) is 0 Å². The number of amides is 3. The fraction of sp³-hybridized carbons (Fsp3) is 0.378. The first-order valence-electron chi connectivity index (χ1n) is 16.2. The second-order valence-electron chi connectivity index (χ2n) is 13.0. The summed E-state index contributed by atoms with van der Waals surface area (Å²) < 4.78 is 0. The van der Waals surface area contributed by atoms with E-state index in [1.54, 1.807) is 0 Å². The van der Waals surface area contributed by atoms with Crippen molar-refractivity contribution < 1.29 is 14.4 Å². The number of hydrogen-bond donors (Lipinski definition) is 2. The standard InChI is InChI=1S/C37H42ClN5O3/c1-41(2)23-26-18-28-20-30(38)12-13-34(28)43(24-26)37(46)33(21-29-22-39-32-11-7-6-10-31(29)32)40-36(45)27-14-16-42(17-15-27)35(44)19-25-8-4-3-5-9-25/h3-13,20,22,26-27,33,39H,14-19,21,23-24H2,1-2H3,(H,40,45)/t26-,33+/m0/s1. The minimum Gasteiger partial charge on any atom is -0.361 e. The first kappa shape index (κ1) is 31.8. The number of nitrogens with one attached hydrogen (secondary N) is 2. The van der Waals surface area contributed by atoms with Crippen LogP contribution in [0.3, 0.4) is 0 Å². The summed E-state index contributed by atoms with van der Waals surface area (Å²) in [4.78, 5) is 50.5. The van der Waals surface area contributed by atoms with Crippen molar-refractivity contribution in [3.63, 3.8) is 0 Å². The van der Waals surface area contributed by atoms with Crippen molar-refractivity contribution >= 4 is 45.9 Å². The number of nitrogens with zero attached hydrogens (tertiary/aromatic N) is 3. The van der Waals surface area contributed by atoms with E-state index in [0.717, 1.165) is 46.2 Å². The Morgan fingerprint density at radius 2 is 1.74 bits per heavy atom. The number of anilines is 1. The van der Waals surface area contributed by atoms with Gasteiger partial charge in [-0.1, -0.05) is 60.1 Å². The smallest absolute Gasteiger partial charge is 0.249 e. The number of H-pyrrole nitrogens is 1. The second kappa shape index (κ2) is 14.1. The Balaban J connectivity index is 1.21. The Morgan fingerprint density at radius 3 is 2.50 bits per heavy atom. The van der Waals surface area contributed by atoms with Crippen molar-refractivity contribution in [1.82, 2.24) is 20.1 Å². The summed E-state index contributed by atoms with van der Waals surface area (Å²) in [6.07, 6.45) is 4.62. The van der Waals surface area contributed by atoms with E-state index in [4.69, 9.17) is 11.6 Å². The van der Waals surface area contributed by atoms with Crippen LogP contribution in [0.4, 0.5) is 5.69 Å². The molecule has 4 aromatic rings. The lowest BCUT2D eigenvalue weighted by Gasteiger charge is -2.38. The number of halogens is 1. The van der Waals surface area contributed by atoms with E-state index < -0.39 is 6.04 Å². The van der Waals surface area contributed by atoms with Crippen molar-refractivity contribution in [3.8, 4) is 0 Å². The lowest BCUT2D eigenvalue weighted by atomic mass is 9.90. The predicted molar refractivity (Wildman–Crippen MR) is 183 cm³/mol. The molecule has 8 nitrogen and oxygen atoms in total. The maximum atomic E-state index is 14.6. The molecule has 0 unspecified atom stereocenters. The van der Waals surface area contributed by atoms with Gasteiger partial charge in [-0.05, 0) is 80.2 Å². The summed E-state index contributed by atoms with van der Waals surface area (Å²) in [5.41, 5.74) is 4.86. The number of likely N-dealkylation sites (tertiary alicyclic amines) is 1. The third-order valence-electron chi connectivity index (χ3n) is 9.30. The highest BCUT2D eigenvalue weighted by Gasteiger charge is 2.36. The predicted octanol–water partition coefficient (Wildman–Crippen LogP) is 5.10. The van der Waals surface area contributed by atoms with Gasteiger partial charge in [0.1, 0.15) is 6.04 Å². The zero-order valence-corrected chi connectivity index (χ0v) is 27.3. The normalized spacial score (nSPS) is 17.6. The van der Waals surface area contributed by atoms with Gasteiger partial charge in [0.15, 0.2) is 0 Å². The minimum atomic E-state index is -0.758. The molecule has 2 atom stereocenters. The van der Waals surface area contributed by atoms with Gasteiger partial charge in [-0.2, -0.15) is 0 Å². The number of aromatic amines is 1. The summed E-state index contributed by atoms with van der Waals surface area (Å²) in [5, 5.41) is 4.87. The Kier molecular flexibility index (Phi) is 9.75. The van der Waals surface area contributed by atoms with Crippen LogP contribution in [-0.2, 0) is 33.6 Å². The molecule has 1 fully saturated rings. The molecule has 3 heterocycles. The molecule has 0 spiro atoms. The van der Waals surface area contributed by atoms with Gasteiger partial charge in [0.2, 0.25) is 17.7 Å². The fourth-order valence-electron chi connectivity index (χ4n) is 7.03. The largest absolute Gasteiger partial charge is 0.361 e. The van der Waals surface area contributed by atoms with E-state index in [1.807, 2.05) is 103 Å². The van der Waals surface area contributed by atoms with Gasteiger partial charge >= 0.3 is 0 Å². The lowest BCUT2D eigenvalue weighted by Crippen LogP contribution is -2.54. The van der Waals surface area contributed by atoms with Crippen LogP contribution in [0.5, 0.6) is 0 Å². The van der Waals surface area contributed by atoms with Crippen LogP contribution >= 0.6 is 11.6 Å². The van der Waals surface area contributed by atoms with Gasteiger partial charge in [-0.3, -0.25) is 14.4 Å². The highest BCUT2D eigenvalue weighted by Crippen LogP contribution is 2.33. The summed E-state index contributed by atoms with van der Waals surface area (Å²) in [5.74, 6) is -0.221. The number of carbonyl (C=O) groups is 3. The highest BCUT2D eigenvalue weighted by atomic mass is 35.5. The van der Waals surface area contributed by atoms with Crippen LogP contribution in [0.15, 0.2) is 79.0 Å². The summed E-state index contributed by atoms with van der Waals surface area (Å²) in [7, 11) is 4.08. The molecule has 0 saturated carbocycles. The molecule has 1 aromatic heterocycles. The first-order valence-corrected chi connectivity index (χ1v) is 16.5. The van der Waals surface area contributed by atoms with Gasteiger partial charge in [0.25, 0.3) is 0 Å². The molecule has 240 valence electrons. The lowest BCUT2D eigenvalue weighted by molar-refractivity contribution is -0.136. The van der Waals surface area contributed by atoms with Gasteiger partial charge < -0.3 is 25.0 Å². The number of para-hydroxylation sites is 1. The average Bonchev–Trinajstić information content (AvgIpc) is 3.46. The van der Waals surface area contributed by atoms with Crippen molar-refractivity contribution in [3.05, 3.63) is 101 Å². The number of hydrogen-bond acceptors (Lipinski definition) is 4. The molecule has 1 saturated heterocycles. The topological polar surface area (TPSA) is 88.8 Å². The third-order valence-corrected chi connectivity index (χ3v) is 9.54. The first-order chi connectivity index (χ1) is 22.2. The molecule has 2 N–H and O–H groups in total. The molecular weight excluding hydrogens is 598 g/mol. The molecule has 6 rings (SSSR count). The molecule has 9 heteroatoms. The average molecular weight is 640 g/mol. The number of fused-ring (bicyclic) bond motifs is 2. The molecular formula is C37H42ClN5O3. The monoisotopic (exact) mass is 639 g/mol. The van der Waals surface area contributed by atoms with Gasteiger partial charge in [0, 0.05) is 66.3 Å². The van der Waals surface area contributed by atoms with Crippen LogP contribution in [0.25, 0.3) is 10.9 Å². The molecule has 0 radical (unpaired) electrons. The highest BCUT2D eigenvalue weighted by molar-refractivity contribution is 6.30. The van der Waals surface area contributed by atoms with Crippen LogP contribution < -0.4 is 10.2 Å². The SMILES string of the molecule is CN(C)C[C@@H]1Cc2cc(Cl)ccc2N(C(=O)[C@@H](Cc2c[nH]c3ccccc23)NC(=O)C2CCN(C(=O)Cc3ccccc3)CC2)C1. The number of carbonyl (C=O) groups excluding carboxylic acids is 3. The number of aromatic nitrogens is 1. The molecule has 46 heavy (non-hydrogen) atoms. The van der Waals surface area contributed by atoms with Crippen molar-refractivity contribution in [2.45, 2.75) is 38.1 Å². The Hall–Kier alpha value is -4.14. The third kappa shape index (κ3) is 7.29. The van der Waals surface area contributed by atoms with Gasteiger partial charge in [0.05, 0.1) is 6.42 Å². The van der Waals surface area contributed by atoms with Crippen LogP contribution in [0, 0.1) is 11.8 Å². The number of rotatable bonds is 9. The van der Waals surface area contributed by atoms with Crippen molar-refractivity contribution in [1.29, 1.82) is 0 Å². The molecule has 0 bridgehead atoms. The van der Waals surface area contributed by atoms with Crippen molar-refractivity contribution in [2.75, 3.05) is 45.2 Å². The zero-order valence-electron chi connectivity index (χ0n) is 26.5. The maximum Gasteiger partial charge on any atom is 0.249 e. The van der Waals surface area contributed by atoms with E-state index in [9.17, 15) is 14.4 Å². The Morgan fingerprint density at radius 1 is 1.00 bits per heavy atom. The molecule has 0 aliphatic carbocycles. The fourth-order valence-corrected chi connectivity index (χ4v) is 7.23. The van der Waals surface area contributed by atoms with E-state index in [0.29, 0.717) is 50.3 Å². The molecule has 2 aliphatic rings. The van der Waals surface area contributed by atoms with E-state index in [-0.39, 0.29) is 29.6 Å². The summed E-state index contributed by atoms with van der Waals surface area (Å²) >= 11 is 6.40. The van der Waals surface area contributed by atoms with Crippen LogP contribution in [0.2, 0.25) is 5.02 Å². The van der Waals surface area contributed by atoms with Crippen LogP contribution in [0.1, 0.15) is 29.5 Å². The number of benzene rings is 3. The maximum absolute atomic E-state index is 14.6. The quantitative estimate of drug-likeness (QED) is 0.267. The molecule has 3 amide bonds. The number of piperidine rings is 1. The Bertz CT molecular complexity index is 1700. The summed E-state index contributed by atoms with van der Waals surface area (Å²) in [6, 6.07) is 22.7. The summed E-state index contributed by atoms with van der Waals surface area (Å²) in [6.45, 7) is 2.44. The van der Waals surface area contributed by atoms with E-state index in [2.05, 4.69) is 15.2 Å². The molecule has 3 aromatic carbocycles. The minimum absolute atomic E-state index is 0.0774. The van der Waals surface area contributed by atoms with E-state index in [1.165, 1.54) is 0 Å². The van der Waals surface area contributed by atoms with E-state index >= 15 is 0 Å². The zero-order chi connectivity index (χ0) is 32.2. The van der Waals surface area contributed by atoms with Crippen molar-refractivity contribution in [2.24, 2.45) is 11.8 Å².